The molecular formula is C15H14ClNOS. The van der Waals surface area contributed by atoms with E-state index in [1.54, 1.807) is 35.6 Å². The first kappa shape index (κ1) is 12.7. The Hall–Kier alpha value is -1.32. The van der Waals surface area contributed by atoms with Gasteiger partial charge in [0.25, 0.3) is 5.91 Å². The van der Waals surface area contributed by atoms with Crippen LogP contribution in [0.3, 0.4) is 0 Å². The molecule has 1 fully saturated rings. The summed E-state index contributed by atoms with van der Waals surface area (Å²) in [4.78, 5) is 14.5. The lowest BCUT2D eigenvalue weighted by Crippen LogP contribution is -2.30. The number of carbonyl (C=O) groups is 1. The van der Waals surface area contributed by atoms with Crippen molar-refractivity contribution >= 4 is 28.8 Å². The van der Waals surface area contributed by atoms with Gasteiger partial charge in [-0.05, 0) is 59.5 Å². The predicted molar refractivity (Wildman–Crippen MR) is 78.8 cm³/mol. The van der Waals surface area contributed by atoms with Crippen molar-refractivity contribution in [3.63, 3.8) is 0 Å². The number of nitrogens with zero attached hydrogens (tertiary/aromatic N) is 1. The van der Waals surface area contributed by atoms with E-state index in [0.717, 1.165) is 19.4 Å². The van der Waals surface area contributed by atoms with E-state index in [2.05, 4.69) is 16.8 Å². The zero-order valence-electron chi connectivity index (χ0n) is 10.4. The van der Waals surface area contributed by atoms with Gasteiger partial charge in [-0.15, -0.1) is 0 Å². The number of amides is 1. The fourth-order valence-corrected chi connectivity index (χ4v) is 3.41. The maximum absolute atomic E-state index is 12.6. The molecule has 4 heteroatoms. The molecule has 0 spiro atoms. The molecule has 3 rings (SSSR count). The average Bonchev–Trinajstić information content (AvgIpc) is 3.09. The highest BCUT2D eigenvalue weighted by Crippen LogP contribution is 2.34. The zero-order valence-corrected chi connectivity index (χ0v) is 12.0. The highest BCUT2D eigenvalue weighted by Gasteiger charge is 2.30. The van der Waals surface area contributed by atoms with Gasteiger partial charge in [0.05, 0.1) is 6.04 Å². The van der Waals surface area contributed by atoms with Gasteiger partial charge < -0.3 is 4.90 Å². The minimum atomic E-state index is 0.102. The first-order valence-electron chi connectivity index (χ1n) is 6.34. The zero-order chi connectivity index (χ0) is 13.2. The number of carbonyl (C=O) groups excluding carboxylic acids is 1. The molecule has 2 heterocycles. The summed E-state index contributed by atoms with van der Waals surface area (Å²) in [7, 11) is 0. The fourth-order valence-electron chi connectivity index (χ4n) is 2.58. The van der Waals surface area contributed by atoms with Gasteiger partial charge in [-0.25, -0.2) is 0 Å². The molecule has 2 aromatic rings. The van der Waals surface area contributed by atoms with Crippen molar-refractivity contribution in [2.45, 2.75) is 18.9 Å². The number of benzene rings is 1. The molecule has 98 valence electrons. The Morgan fingerprint density at radius 1 is 1.26 bits per heavy atom. The predicted octanol–water partition coefficient (Wildman–Crippen LogP) is 4.38. The normalized spacial score (nSPS) is 18.8. The second-order valence-corrected chi connectivity index (χ2v) is 5.94. The third-order valence-corrected chi connectivity index (χ3v) is 4.49. The monoisotopic (exact) mass is 291 g/mol. The standard InChI is InChI=1S/C15H14ClNOS/c16-13-5-3-11(4-6-13)15(18)17-8-1-2-14(17)12-7-9-19-10-12/h3-7,9-10,14H,1-2,8H2/t14-/m0/s1. The van der Waals surface area contributed by atoms with E-state index < -0.39 is 0 Å². The summed E-state index contributed by atoms with van der Waals surface area (Å²) in [5, 5.41) is 4.86. The summed E-state index contributed by atoms with van der Waals surface area (Å²) in [6, 6.07) is 9.48. The number of halogens is 1. The lowest BCUT2D eigenvalue weighted by atomic mass is 10.1. The molecule has 2 nitrogen and oxygen atoms in total. The lowest BCUT2D eigenvalue weighted by molar-refractivity contribution is 0.0736. The second kappa shape index (κ2) is 5.35. The van der Waals surface area contributed by atoms with Crippen LogP contribution in [-0.4, -0.2) is 17.4 Å². The van der Waals surface area contributed by atoms with E-state index in [0.29, 0.717) is 10.6 Å². The molecule has 0 unspecified atom stereocenters. The third kappa shape index (κ3) is 2.53. The highest BCUT2D eigenvalue weighted by atomic mass is 35.5. The van der Waals surface area contributed by atoms with E-state index in [1.165, 1.54) is 5.56 Å². The van der Waals surface area contributed by atoms with Gasteiger partial charge in [-0.3, -0.25) is 4.79 Å². The molecule has 0 N–H and O–H groups in total. The Bertz CT molecular complexity index is 564. The molecule has 1 atom stereocenters. The van der Waals surface area contributed by atoms with Crippen molar-refractivity contribution in [1.82, 2.24) is 4.90 Å². The van der Waals surface area contributed by atoms with Crippen LogP contribution < -0.4 is 0 Å². The van der Waals surface area contributed by atoms with Crippen LogP contribution in [0.1, 0.15) is 34.8 Å². The van der Waals surface area contributed by atoms with Crippen LogP contribution in [0.2, 0.25) is 5.02 Å². The molecule has 1 aliphatic heterocycles. The number of likely N-dealkylation sites (tertiary alicyclic amines) is 1. The van der Waals surface area contributed by atoms with Crippen LogP contribution in [0.5, 0.6) is 0 Å². The quantitative estimate of drug-likeness (QED) is 0.804. The molecule has 0 saturated carbocycles. The van der Waals surface area contributed by atoms with Crippen molar-refractivity contribution in [2.24, 2.45) is 0 Å². The third-order valence-electron chi connectivity index (χ3n) is 3.53. The van der Waals surface area contributed by atoms with E-state index >= 15 is 0 Å². The Morgan fingerprint density at radius 3 is 2.74 bits per heavy atom. The van der Waals surface area contributed by atoms with E-state index in [9.17, 15) is 4.79 Å². The number of hydrogen-bond acceptors (Lipinski definition) is 2. The maximum Gasteiger partial charge on any atom is 0.254 e. The Balaban J connectivity index is 1.84. The molecule has 1 amide bonds. The van der Waals surface area contributed by atoms with Crippen molar-refractivity contribution < 1.29 is 4.79 Å². The summed E-state index contributed by atoms with van der Waals surface area (Å²) >= 11 is 7.54. The van der Waals surface area contributed by atoms with Crippen LogP contribution >= 0.6 is 22.9 Å². The lowest BCUT2D eigenvalue weighted by Gasteiger charge is -2.24. The SMILES string of the molecule is O=C(c1ccc(Cl)cc1)N1CCC[C@H]1c1ccsc1. The number of rotatable bonds is 2. The van der Waals surface area contributed by atoms with Crippen molar-refractivity contribution in [3.05, 3.63) is 57.2 Å². The Morgan fingerprint density at radius 2 is 2.05 bits per heavy atom. The molecule has 1 saturated heterocycles. The first-order chi connectivity index (χ1) is 9.25. The van der Waals surface area contributed by atoms with Crippen molar-refractivity contribution in [3.8, 4) is 0 Å². The van der Waals surface area contributed by atoms with E-state index in [-0.39, 0.29) is 11.9 Å². The number of thiophene rings is 1. The Kier molecular flexibility index (Phi) is 3.58. The molecule has 19 heavy (non-hydrogen) atoms. The molecule has 0 aliphatic carbocycles. The first-order valence-corrected chi connectivity index (χ1v) is 7.66. The van der Waals surface area contributed by atoms with Gasteiger partial charge >= 0.3 is 0 Å². The van der Waals surface area contributed by atoms with Crippen LogP contribution in [0.25, 0.3) is 0 Å². The van der Waals surface area contributed by atoms with Gasteiger partial charge in [0.15, 0.2) is 0 Å². The van der Waals surface area contributed by atoms with Crippen LogP contribution in [0.15, 0.2) is 41.1 Å². The fraction of sp³-hybridized carbons (Fsp3) is 0.267. The minimum Gasteiger partial charge on any atom is -0.332 e. The summed E-state index contributed by atoms with van der Waals surface area (Å²) in [5.41, 5.74) is 1.97. The molecule has 0 bridgehead atoms. The van der Waals surface area contributed by atoms with Crippen molar-refractivity contribution in [1.29, 1.82) is 0 Å². The Labute approximate surface area is 121 Å². The van der Waals surface area contributed by atoms with Crippen LogP contribution in [-0.2, 0) is 0 Å². The van der Waals surface area contributed by atoms with E-state index in [1.807, 2.05) is 4.90 Å². The summed E-state index contributed by atoms with van der Waals surface area (Å²) in [6.45, 7) is 0.835. The topological polar surface area (TPSA) is 20.3 Å². The van der Waals surface area contributed by atoms with Crippen LogP contribution in [0.4, 0.5) is 0 Å². The molecule has 1 aromatic heterocycles. The summed E-state index contributed by atoms with van der Waals surface area (Å²) in [6.07, 6.45) is 2.12. The van der Waals surface area contributed by atoms with E-state index in [4.69, 9.17) is 11.6 Å². The van der Waals surface area contributed by atoms with Gasteiger partial charge in [0, 0.05) is 17.1 Å². The van der Waals surface area contributed by atoms with Gasteiger partial charge in [-0.1, -0.05) is 11.6 Å². The smallest absolute Gasteiger partial charge is 0.254 e. The number of hydrogen-bond donors (Lipinski definition) is 0. The second-order valence-electron chi connectivity index (χ2n) is 4.72. The molecular weight excluding hydrogens is 278 g/mol. The minimum absolute atomic E-state index is 0.102. The summed E-state index contributed by atoms with van der Waals surface area (Å²) in [5.74, 6) is 0.102. The summed E-state index contributed by atoms with van der Waals surface area (Å²) < 4.78 is 0. The van der Waals surface area contributed by atoms with Gasteiger partial charge in [0.1, 0.15) is 0 Å². The molecule has 1 aromatic carbocycles. The largest absolute Gasteiger partial charge is 0.332 e. The van der Waals surface area contributed by atoms with Gasteiger partial charge in [0.2, 0.25) is 0 Å². The highest BCUT2D eigenvalue weighted by molar-refractivity contribution is 7.08. The van der Waals surface area contributed by atoms with Crippen LogP contribution in [0, 0.1) is 0 Å². The van der Waals surface area contributed by atoms with Gasteiger partial charge in [-0.2, -0.15) is 11.3 Å². The average molecular weight is 292 g/mol. The molecule has 1 aliphatic rings. The van der Waals surface area contributed by atoms with Crippen molar-refractivity contribution in [2.75, 3.05) is 6.54 Å². The maximum atomic E-state index is 12.6. The molecule has 0 radical (unpaired) electrons.